The van der Waals surface area contributed by atoms with Gasteiger partial charge in [-0.25, -0.2) is 15.0 Å². The average molecular weight is 439 g/mol. The normalized spacial score (nSPS) is 18.8. The Morgan fingerprint density at radius 3 is 2.91 bits per heavy atom. The van der Waals surface area contributed by atoms with Crippen LogP contribution < -0.4 is 4.90 Å². The van der Waals surface area contributed by atoms with Crippen molar-refractivity contribution >= 4 is 22.8 Å². The Labute approximate surface area is 187 Å². The van der Waals surface area contributed by atoms with Crippen molar-refractivity contribution < 1.29 is 14.6 Å². The molecule has 9 heteroatoms. The smallest absolute Gasteiger partial charge is 0.253 e. The van der Waals surface area contributed by atoms with Crippen LogP contribution in [0.25, 0.3) is 11.0 Å². The van der Waals surface area contributed by atoms with Crippen LogP contribution in [0.15, 0.2) is 36.9 Å². The number of likely N-dealkylation sites (N-methyl/N-ethyl adjacent to an activating group) is 1. The number of imidazole rings is 1. The van der Waals surface area contributed by atoms with Crippen molar-refractivity contribution in [3.63, 3.8) is 0 Å². The highest BCUT2D eigenvalue weighted by atomic mass is 16.5. The van der Waals surface area contributed by atoms with E-state index in [2.05, 4.69) is 19.9 Å². The van der Waals surface area contributed by atoms with Gasteiger partial charge >= 0.3 is 0 Å². The number of ether oxygens (including phenoxy) is 1. The van der Waals surface area contributed by atoms with E-state index in [0.717, 1.165) is 35.5 Å². The molecule has 1 aliphatic heterocycles. The lowest BCUT2D eigenvalue weighted by molar-refractivity contribution is -0.000136. The molecule has 1 aliphatic rings. The second-order valence-corrected chi connectivity index (χ2v) is 8.56. The van der Waals surface area contributed by atoms with Gasteiger partial charge in [0.15, 0.2) is 0 Å². The quantitative estimate of drug-likeness (QED) is 0.602. The zero-order valence-corrected chi connectivity index (χ0v) is 18.9. The summed E-state index contributed by atoms with van der Waals surface area (Å²) in [5.41, 5.74) is 2.16. The Bertz CT molecular complexity index is 1100. The number of amides is 1. The maximum atomic E-state index is 13.1. The van der Waals surface area contributed by atoms with Crippen LogP contribution in [0.1, 0.15) is 28.9 Å². The summed E-state index contributed by atoms with van der Waals surface area (Å²) in [7, 11) is 3.40. The van der Waals surface area contributed by atoms with Gasteiger partial charge in [-0.1, -0.05) is 0 Å². The van der Waals surface area contributed by atoms with Gasteiger partial charge in [-0.3, -0.25) is 4.79 Å². The van der Waals surface area contributed by atoms with Crippen LogP contribution in [-0.2, 0) is 11.3 Å². The lowest BCUT2D eigenvalue weighted by atomic mass is 9.92. The molecule has 1 saturated heterocycles. The number of nitrogens with zero attached hydrogens (tertiary/aromatic N) is 6. The van der Waals surface area contributed by atoms with Gasteiger partial charge in [-0.15, -0.1) is 0 Å². The van der Waals surface area contributed by atoms with Crippen molar-refractivity contribution in [2.24, 2.45) is 0 Å². The number of benzene rings is 1. The second-order valence-electron chi connectivity index (χ2n) is 8.56. The molecule has 0 saturated carbocycles. The van der Waals surface area contributed by atoms with Crippen molar-refractivity contribution in [1.82, 2.24) is 24.4 Å². The predicted octanol–water partition coefficient (Wildman–Crippen LogP) is 1.88. The van der Waals surface area contributed by atoms with E-state index in [1.807, 2.05) is 29.7 Å². The molecule has 0 unspecified atom stereocenters. The van der Waals surface area contributed by atoms with Crippen molar-refractivity contribution in [3.8, 4) is 0 Å². The minimum absolute atomic E-state index is 0.137. The predicted molar refractivity (Wildman–Crippen MR) is 122 cm³/mol. The van der Waals surface area contributed by atoms with Gasteiger partial charge in [-0.05, 0) is 38.0 Å². The number of β-amino-alcohol motifs (C(OH)–C–C–N with tert-alkyl or cyclic N) is 1. The van der Waals surface area contributed by atoms with Crippen LogP contribution in [0.3, 0.4) is 0 Å². The topological polar surface area (TPSA) is 96.6 Å². The van der Waals surface area contributed by atoms with Gasteiger partial charge in [-0.2, -0.15) is 0 Å². The average Bonchev–Trinajstić information content (AvgIpc) is 3.19. The van der Waals surface area contributed by atoms with Gasteiger partial charge < -0.3 is 24.2 Å². The number of aliphatic hydroxyl groups is 1. The number of hydrogen-bond acceptors (Lipinski definition) is 7. The molecule has 170 valence electrons. The molecule has 1 fully saturated rings. The molecular weight excluding hydrogens is 408 g/mol. The van der Waals surface area contributed by atoms with E-state index in [1.54, 1.807) is 37.8 Å². The van der Waals surface area contributed by atoms with E-state index in [9.17, 15) is 9.90 Å². The summed E-state index contributed by atoms with van der Waals surface area (Å²) in [5.74, 6) is 0.667. The first-order chi connectivity index (χ1) is 15.4. The molecule has 3 aromatic rings. The van der Waals surface area contributed by atoms with Crippen LogP contribution in [0, 0.1) is 6.92 Å². The van der Waals surface area contributed by atoms with Crippen LogP contribution in [0.5, 0.6) is 0 Å². The monoisotopic (exact) mass is 438 g/mol. The van der Waals surface area contributed by atoms with E-state index < -0.39 is 5.60 Å². The number of carbonyl (C=O) groups excluding carboxylic acids is 1. The maximum absolute atomic E-state index is 13.1. The zero-order chi connectivity index (χ0) is 22.7. The highest BCUT2D eigenvalue weighted by molar-refractivity contribution is 5.97. The van der Waals surface area contributed by atoms with Gasteiger partial charge in [0.1, 0.15) is 12.1 Å². The summed E-state index contributed by atoms with van der Waals surface area (Å²) < 4.78 is 7.14. The summed E-state index contributed by atoms with van der Waals surface area (Å²) in [4.78, 5) is 29.7. The Morgan fingerprint density at radius 2 is 2.12 bits per heavy atom. The van der Waals surface area contributed by atoms with Gasteiger partial charge in [0.2, 0.25) is 0 Å². The van der Waals surface area contributed by atoms with Gasteiger partial charge in [0, 0.05) is 51.1 Å². The second kappa shape index (κ2) is 9.22. The highest BCUT2D eigenvalue weighted by Crippen LogP contribution is 2.26. The summed E-state index contributed by atoms with van der Waals surface area (Å²) >= 11 is 0. The van der Waals surface area contributed by atoms with E-state index in [4.69, 9.17) is 4.74 Å². The Hall–Kier alpha value is -3.04. The lowest BCUT2D eigenvalue weighted by Crippen LogP contribution is -2.54. The summed E-state index contributed by atoms with van der Waals surface area (Å²) in [5, 5.41) is 11.3. The third kappa shape index (κ3) is 4.73. The number of hydrogen-bond donors (Lipinski definition) is 1. The standard InChI is InChI=1S/C23H30N6O3/c1-17-11-21(25-15-24-17)28-8-4-7-23(31,14-28)13-27(2)22(30)18-5-6-20-19(12-18)26-16-29(20)9-10-32-3/h5-6,11-12,15-16,31H,4,7-10,13-14H2,1-3H3/t23-/m0/s1. The fourth-order valence-electron chi connectivity index (χ4n) is 4.35. The zero-order valence-electron chi connectivity index (χ0n) is 18.9. The third-order valence-electron chi connectivity index (χ3n) is 5.95. The molecule has 0 radical (unpaired) electrons. The number of carbonyl (C=O) groups is 1. The van der Waals surface area contributed by atoms with E-state index >= 15 is 0 Å². The Morgan fingerprint density at radius 1 is 1.28 bits per heavy atom. The van der Waals surface area contributed by atoms with Crippen molar-refractivity contribution in [2.45, 2.75) is 31.9 Å². The van der Waals surface area contributed by atoms with Crippen molar-refractivity contribution in [1.29, 1.82) is 0 Å². The molecule has 0 spiro atoms. The summed E-state index contributed by atoms with van der Waals surface area (Å²) in [6, 6.07) is 7.44. The van der Waals surface area contributed by atoms with Crippen LogP contribution >= 0.6 is 0 Å². The van der Waals surface area contributed by atoms with Crippen molar-refractivity contribution in [2.75, 3.05) is 45.3 Å². The molecular formula is C23H30N6O3. The largest absolute Gasteiger partial charge is 0.386 e. The molecule has 4 rings (SSSR count). The number of methoxy groups -OCH3 is 1. The van der Waals surface area contributed by atoms with Crippen LogP contribution in [0.4, 0.5) is 5.82 Å². The summed E-state index contributed by atoms with van der Waals surface area (Å²) in [6.45, 7) is 4.70. The van der Waals surface area contributed by atoms with Gasteiger partial charge in [0.25, 0.3) is 5.91 Å². The Balaban J connectivity index is 1.45. The van der Waals surface area contributed by atoms with Crippen LogP contribution in [-0.4, -0.2) is 81.4 Å². The number of fused-ring (bicyclic) bond motifs is 1. The van der Waals surface area contributed by atoms with Crippen LogP contribution in [0.2, 0.25) is 0 Å². The molecule has 2 aromatic heterocycles. The first kappa shape index (κ1) is 22.2. The van der Waals surface area contributed by atoms with E-state index in [0.29, 0.717) is 31.7 Å². The van der Waals surface area contributed by atoms with E-state index in [1.165, 1.54) is 0 Å². The number of aryl methyl sites for hydroxylation is 1. The number of piperidine rings is 1. The van der Waals surface area contributed by atoms with Crippen molar-refractivity contribution in [3.05, 3.63) is 48.2 Å². The number of anilines is 1. The highest BCUT2D eigenvalue weighted by Gasteiger charge is 2.36. The minimum Gasteiger partial charge on any atom is -0.386 e. The fraction of sp³-hybridized carbons (Fsp3) is 0.478. The molecule has 32 heavy (non-hydrogen) atoms. The summed E-state index contributed by atoms with van der Waals surface area (Å²) in [6.07, 6.45) is 4.76. The molecule has 1 N–H and O–H groups in total. The first-order valence-electron chi connectivity index (χ1n) is 10.8. The maximum Gasteiger partial charge on any atom is 0.253 e. The molecule has 0 bridgehead atoms. The fourth-order valence-corrected chi connectivity index (χ4v) is 4.35. The SMILES string of the molecule is COCCn1cnc2cc(C(=O)N(C)C[C@@]3(O)CCCN(c4cc(C)ncn4)C3)ccc21. The Kier molecular flexibility index (Phi) is 6.38. The number of rotatable bonds is 7. The van der Waals surface area contributed by atoms with E-state index in [-0.39, 0.29) is 12.5 Å². The lowest BCUT2D eigenvalue weighted by Gasteiger charge is -2.41. The molecule has 9 nitrogen and oxygen atoms in total. The third-order valence-corrected chi connectivity index (χ3v) is 5.95. The molecule has 1 amide bonds. The molecule has 1 aromatic carbocycles. The minimum atomic E-state index is -1.01. The number of aromatic nitrogens is 4. The molecule has 1 atom stereocenters. The molecule has 0 aliphatic carbocycles. The first-order valence-corrected chi connectivity index (χ1v) is 10.8. The van der Waals surface area contributed by atoms with Gasteiger partial charge in [0.05, 0.1) is 36.1 Å². The molecule has 3 heterocycles.